The number of carbonyl (C=O) groups excluding carboxylic acids is 1. The molecule has 0 radical (unpaired) electrons. The van der Waals surface area contributed by atoms with Crippen LogP contribution in [-0.4, -0.2) is 29.3 Å². The number of carbonyl (C=O) groups is 1. The highest BCUT2D eigenvalue weighted by atomic mass is 16.6. The van der Waals surface area contributed by atoms with Crippen LogP contribution in [0.25, 0.3) is 11.3 Å². The molecule has 1 atom stereocenters. The lowest BCUT2D eigenvalue weighted by molar-refractivity contribution is 0.0936. The van der Waals surface area contributed by atoms with Gasteiger partial charge in [0.25, 0.3) is 5.91 Å². The molecule has 2 aromatic carbocycles. The number of fused-ring (bicyclic) bond motifs is 2. The summed E-state index contributed by atoms with van der Waals surface area (Å²) in [6.45, 7) is 1.09. The van der Waals surface area contributed by atoms with Crippen molar-refractivity contribution < 1.29 is 14.3 Å². The van der Waals surface area contributed by atoms with Gasteiger partial charge < -0.3 is 20.1 Å². The fraction of sp³-hybridized carbons (Fsp3) is 0.158. The molecule has 3 heterocycles. The summed E-state index contributed by atoms with van der Waals surface area (Å²) in [6, 6.07) is 13.2. The molecule has 0 unspecified atom stereocenters. The van der Waals surface area contributed by atoms with Gasteiger partial charge in [0.1, 0.15) is 19.4 Å². The van der Waals surface area contributed by atoms with Gasteiger partial charge in [0.2, 0.25) is 0 Å². The molecule has 1 aromatic heterocycles. The molecule has 2 aliphatic heterocycles. The van der Waals surface area contributed by atoms with E-state index in [1.807, 2.05) is 36.4 Å². The molecule has 0 bridgehead atoms. The molecule has 0 spiro atoms. The fourth-order valence-corrected chi connectivity index (χ4v) is 3.31. The van der Waals surface area contributed by atoms with E-state index in [9.17, 15) is 4.79 Å². The smallest absolute Gasteiger partial charge is 0.255 e. The van der Waals surface area contributed by atoms with E-state index in [-0.39, 0.29) is 12.1 Å². The largest absolute Gasteiger partial charge is 0.486 e. The number of hydrogen-bond donors (Lipinski definition) is 3. The molecule has 0 fully saturated rings. The zero-order valence-corrected chi connectivity index (χ0v) is 13.8. The number of nitrogens with zero attached hydrogens (tertiary/aromatic N) is 1. The molecule has 7 heteroatoms. The van der Waals surface area contributed by atoms with Crippen molar-refractivity contribution in [2.24, 2.45) is 0 Å². The maximum Gasteiger partial charge on any atom is 0.255 e. The van der Waals surface area contributed by atoms with Crippen molar-refractivity contribution in [3.05, 3.63) is 59.8 Å². The first kappa shape index (κ1) is 14.8. The minimum Gasteiger partial charge on any atom is -0.486 e. The van der Waals surface area contributed by atoms with Crippen LogP contribution in [0.15, 0.2) is 48.7 Å². The van der Waals surface area contributed by atoms with Gasteiger partial charge in [0.15, 0.2) is 11.5 Å². The van der Waals surface area contributed by atoms with Crippen LogP contribution in [0.4, 0.5) is 5.69 Å². The minimum absolute atomic E-state index is 0.112. The molecular weight excluding hydrogens is 332 g/mol. The van der Waals surface area contributed by atoms with Crippen LogP contribution >= 0.6 is 0 Å². The SMILES string of the molecule is O=C1N[C@@H](c2cn[nH]c2-c2ccc3c(c2)OCCO3)Nc2ccccc21. The third-order valence-corrected chi connectivity index (χ3v) is 4.56. The summed E-state index contributed by atoms with van der Waals surface area (Å²) in [4.78, 5) is 12.4. The average Bonchev–Trinajstić information content (AvgIpc) is 3.17. The predicted molar refractivity (Wildman–Crippen MR) is 95.3 cm³/mol. The lowest BCUT2D eigenvalue weighted by Gasteiger charge is -2.28. The molecule has 0 saturated heterocycles. The number of benzene rings is 2. The van der Waals surface area contributed by atoms with Crippen LogP contribution in [0.3, 0.4) is 0 Å². The standard InChI is InChI=1S/C19H16N4O3/c24-19-12-3-1-2-4-14(12)21-18(22-19)13-10-20-23-17(13)11-5-6-15-16(9-11)26-8-7-25-15/h1-6,9-10,18,21H,7-8H2,(H,20,23)(H,22,24)/t18-/m0/s1. The third kappa shape index (κ3) is 2.36. The molecule has 3 N–H and O–H groups in total. The monoisotopic (exact) mass is 348 g/mol. The number of amides is 1. The highest BCUT2D eigenvalue weighted by Crippen LogP contribution is 2.37. The van der Waals surface area contributed by atoms with E-state index in [1.165, 1.54) is 0 Å². The van der Waals surface area contributed by atoms with Gasteiger partial charge in [-0.3, -0.25) is 9.89 Å². The summed E-state index contributed by atoms with van der Waals surface area (Å²) < 4.78 is 11.2. The zero-order chi connectivity index (χ0) is 17.5. The van der Waals surface area contributed by atoms with E-state index < -0.39 is 0 Å². The summed E-state index contributed by atoms with van der Waals surface area (Å²) in [6.07, 6.45) is 1.34. The molecule has 0 aliphatic carbocycles. The second-order valence-corrected chi connectivity index (χ2v) is 6.16. The van der Waals surface area contributed by atoms with Gasteiger partial charge in [-0.1, -0.05) is 12.1 Å². The number of para-hydroxylation sites is 1. The average molecular weight is 348 g/mol. The van der Waals surface area contributed by atoms with Gasteiger partial charge in [0.05, 0.1) is 17.5 Å². The summed E-state index contributed by atoms with van der Waals surface area (Å²) in [5, 5.41) is 13.5. The van der Waals surface area contributed by atoms with E-state index in [0.717, 1.165) is 28.3 Å². The van der Waals surface area contributed by atoms with E-state index >= 15 is 0 Å². The molecule has 3 aromatic rings. The Morgan fingerprint density at radius 3 is 2.77 bits per heavy atom. The van der Waals surface area contributed by atoms with Crippen LogP contribution in [0, 0.1) is 0 Å². The second kappa shape index (κ2) is 5.80. The number of H-pyrrole nitrogens is 1. The molecular formula is C19H16N4O3. The van der Waals surface area contributed by atoms with Crippen LogP contribution < -0.4 is 20.1 Å². The van der Waals surface area contributed by atoms with Crippen molar-refractivity contribution in [1.29, 1.82) is 0 Å². The number of nitrogens with one attached hydrogen (secondary N) is 3. The van der Waals surface area contributed by atoms with E-state index in [0.29, 0.717) is 24.5 Å². The number of aromatic nitrogens is 2. The molecule has 26 heavy (non-hydrogen) atoms. The summed E-state index contributed by atoms with van der Waals surface area (Å²) >= 11 is 0. The third-order valence-electron chi connectivity index (χ3n) is 4.56. The highest BCUT2D eigenvalue weighted by Gasteiger charge is 2.27. The summed E-state index contributed by atoms with van der Waals surface area (Å²) in [5.41, 5.74) is 4.02. The Balaban J connectivity index is 1.52. The topological polar surface area (TPSA) is 88.3 Å². The van der Waals surface area contributed by atoms with Gasteiger partial charge in [-0.05, 0) is 30.3 Å². The van der Waals surface area contributed by atoms with Crippen LogP contribution in [0.1, 0.15) is 22.1 Å². The lowest BCUT2D eigenvalue weighted by atomic mass is 10.0. The number of ether oxygens (including phenoxy) is 2. The number of anilines is 1. The van der Waals surface area contributed by atoms with Crippen molar-refractivity contribution in [2.75, 3.05) is 18.5 Å². The maximum absolute atomic E-state index is 12.4. The Hall–Kier alpha value is -3.48. The van der Waals surface area contributed by atoms with Gasteiger partial charge in [0, 0.05) is 16.8 Å². The highest BCUT2D eigenvalue weighted by molar-refractivity contribution is 6.01. The molecule has 7 nitrogen and oxygen atoms in total. The first-order chi connectivity index (χ1) is 12.8. The van der Waals surface area contributed by atoms with Crippen molar-refractivity contribution in [1.82, 2.24) is 15.5 Å². The van der Waals surface area contributed by atoms with Crippen molar-refractivity contribution in [3.8, 4) is 22.8 Å². The number of hydrogen-bond acceptors (Lipinski definition) is 5. The van der Waals surface area contributed by atoms with Gasteiger partial charge in [-0.15, -0.1) is 0 Å². The quantitative estimate of drug-likeness (QED) is 0.663. The first-order valence-electron chi connectivity index (χ1n) is 8.39. The van der Waals surface area contributed by atoms with Gasteiger partial charge in [-0.25, -0.2) is 0 Å². The van der Waals surface area contributed by atoms with Crippen LogP contribution in [0.5, 0.6) is 11.5 Å². The summed E-state index contributed by atoms with van der Waals surface area (Å²) in [5.74, 6) is 1.33. The van der Waals surface area contributed by atoms with E-state index in [1.54, 1.807) is 12.3 Å². The molecule has 5 rings (SSSR count). The molecule has 2 aliphatic rings. The number of aromatic amines is 1. The van der Waals surface area contributed by atoms with Crippen LogP contribution in [-0.2, 0) is 0 Å². The second-order valence-electron chi connectivity index (χ2n) is 6.16. The van der Waals surface area contributed by atoms with Crippen molar-refractivity contribution >= 4 is 11.6 Å². The van der Waals surface area contributed by atoms with E-state index in [4.69, 9.17) is 9.47 Å². The van der Waals surface area contributed by atoms with E-state index in [2.05, 4.69) is 20.8 Å². The molecule has 1 amide bonds. The van der Waals surface area contributed by atoms with Crippen molar-refractivity contribution in [2.45, 2.75) is 6.17 Å². The lowest BCUT2D eigenvalue weighted by Crippen LogP contribution is -2.38. The van der Waals surface area contributed by atoms with Crippen LogP contribution in [0.2, 0.25) is 0 Å². The Kier molecular flexibility index (Phi) is 3.31. The van der Waals surface area contributed by atoms with Crippen molar-refractivity contribution in [3.63, 3.8) is 0 Å². The first-order valence-corrected chi connectivity index (χ1v) is 8.39. The minimum atomic E-state index is -0.376. The maximum atomic E-state index is 12.4. The van der Waals surface area contributed by atoms with Gasteiger partial charge >= 0.3 is 0 Å². The Morgan fingerprint density at radius 1 is 1.00 bits per heavy atom. The Labute approximate surface area is 149 Å². The number of rotatable bonds is 2. The Bertz CT molecular complexity index is 998. The molecule has 0 saturated carbocycles. The normalized spacial score (nSPS) is 17.8. The fourth-order valence-electron chi connectivity index (χ4n) is 3.31. The Morgan fingerprint density at radius 2 is 1.85 bits per heavy atom. The predicted octanol–water partition coefficient (Wildman–Crippen LogP) is 2.70. The molecule has 130 valence electrons. The summed E-state index contributed by atoms with van der Waals surface area (Å²) in [7, 11) is 0. The zero-order valence-electron chi connectivity index (χ0n) is 13.8. The van der Waals surface area contributed by atoms with Gasteiger partial charge in [-0.2, -0.15) is 5.10 Å².